The molecule has 0 amide bonds. The Morgan fingerprint density at radius 1 is 1.11 bits per heavy atom. The largest absolute Gasteiger partial charge is 0.481 e. The summed E-state index contributed by atoms with van der Waals surface area (Å²) >= 11 is 3.44. The molecule has 0 aliphatic carbocycles. The van der Waals surface area contributed by atoms with Gasteiger partial charge in [0, 0.05) is 16.0 Å². The van der Waals surface area contributed by atoms with E-state index in [2.05, 4.69) is 21.0 Å². The van der Waals surface area contributed by atoms with E-state index >= 15 is 0 Å². The van der Waals surface area contributed by atoms with E-state index in [1.54, 1.807) is 32.2 Å². The minimum absolute atomic E-state index is 0.0111. The number of halogens is 1. The van der Waals surface area contributed by atoms with Gasteiger partial charge in [-0.1, -0.05) is 60.1 Å². The molecule has 1 aromatic heterocycles. The Bertz CT molecular complexity index is 1510. The SMILES string of the molecule is CC[C@@H](C)c1nc2ccc(Br)cc2c(=O)n1N=Cc1c(OCC(=O)OC(C)C)ccc2ccccc12. The smallest absolute Gasteiger partial charge is 0.344 e. The molecule has 0 saturated carbocycles. The lowest BCUT2D eigenvalue weighted by molar-refractivity contribution is -0.149. The summed E-state index contributed by atoms with van der Waals surface area (Å²) in [7, 11) is 0. The number of ether oxygens (including phenoxy) is 2. The van der Waals surface area contributed by atoms with Gasteiger partial charge in [0.1, 0.15) is 11.6 Å². The van der Waals surface area contributed by atoms with Gasteiger partial charge < -0.3 is 9.47 Å². The zero-order chi connectivity index (χ0) is 25.8. The predicted molar refractivity (Wildman–Crippen MR) is 146 cm³/mol. The van der Waals surface area contributed by atoms with Crippen molar-refractivity contribution in [3.63, 3.8) is 0 Å². The first-order chi connectivity index (χ1) is 17.3. The van der Waals surface area contributed by atoms with Gasteiger partial charge in [-0.2, -0.15) is 9.78 Å². The van der Waals surface area contributed by atoms with Crippen molar-refractivity contribution in [1.82, 2.24) is 9.66 Å². The van der Waals surface area contributed by atoms with Crippen LogP contribution in [0.15, 0.2) is 69.0 Å². The van der Waals surface area contributed by atoms with Gasteiger partial charge in [-0.15, -0.1) is 0 Å². The summed E-state index contributed by atoms with van der Waals surface area (Å²) in [6.45, 7) is 7.40. The standard InChI is InChI=1S/C28H28BrN3O4/c1-5-18(4)27-31-24-12-11-20(29)14-22(24)28(34)32(27)30-15-23-21-9-7-6-8-19(21)10-13-25(23)35-16-26(33)36-17(2)3/h6-15,17-18H,5,16H2,1-4H3/t18-/m1/s1. The van der Waals surface area contributed by atoms with Gasteiger partial charge in [0.15, 0.2) is 6.61 Å². The lowest BCUT2D eigenvalue weighted by atomic mass is 10.0. The van der Waals surface area contributed by atoms with Crippen LogP contribution >= 0.6 is 15.9 Å². The van der Waals surface area contributed by atoms with Gasteiger partial charge in [0.05, 0.1) is 23.2 Å². The fourth-order valence-corrected chi connectivity index (χ4v) is 4.22. The van der Waals surface area contributed by atoms with Gasteiger partial charge >= 0.3 is 5.97 Å². The summed E-state index contributed by atoms with van der Waals surface area (Å²) in [5.74, 6) is 0.599. The highest BCUT2D eigenvalue weighted by atomic mass is 79.9. The van der Waals surface area contributed by atoms with Crippen LogP contribution in [-0.2, 0) is 9.53 Å². The van der Waals surface area contributed by atoms with E-state index in [0.717, 1.165) is 21.7 Å². The van der Waals surface area contributed by atoms with Crippen molar-refractivity contribution in [3.05, 3.63) is 80.8 Å². The number of carbonyl (C=O) groups is 1. The van der Waals surface area contributed by atoms with Gasteiger partial charge in [0.2, 0.25) is 0 Å². The molecule has 36 heavy (non-hydrogen) atoms. The van der Waals surface area contributed by atoms with Crippen molar-refractivity contribution in [2.24, 2.45) is 5.10 Å². The normalized spacial score (nSPS) is 12.5. The number of benzene rings is 3. The van der Waals surface area contributed by atoms with Crippen LogP contribution in [0.1, 0.15) is 51.4 Å². The Morgan fingerprint density at radius 3 is 2.64 bits per heavy atom. The molecule has 0 bridgehead atoms. The molecule has 4 rings (SSSR count). The van der Waals surface area contributed by atoms with E-state index in [0.29, 0.717) is 28.0 Å². The number of nitrogens with zero attached hydrogens (tertiary/aromatic N) is 3. The third-order valence-corrected chi connectivity index (χ3v) is 6.33. The highest BCUT2D eigenvalue weighted by molar-refractivity contribution is 9.10. The van der Waals surface area contributed by atoms with Crippen LogP contribution in [0.4, 0.5) is 0 Å². The second-order valence-corrected chi connectivity index (χ2v) is 9.74. The number of carbonyl (C=O) groups excluding carboxylic acids is 1. The molecule has 0 radical (unpaired) electrons. The summed E-state index contributed by atoms with van der Waals surface area (Å²) in [6.07, 6.45) is 2.17. The third kappa shape index (κ3) is 5.49. The molecule has 0 N–H and O–H groups in total. The molecule has 0 spiro atoms. The van der Waals surface area contributed by atoms with E-state index in [1.165, 1.54) is 4.68 Å². The van der Waals surface area contributed by atoms with Crippen molar-refractivity contribution in [2.75, 3.05) is 6.61 Å². The maximum Gasteiger partial charge on any atom is 0.344 e. The van der Waals surface area contributed by atoms with Crippen LogP contribution in [-0.4, -0.2) is 34.6 Å². The number of aromatic nitrogens is 2. The Hall–Kier alpha value is -3.52. The monoisotopic (exact) mass is 549 g/mol. The summed E-state index contributed by atoms with van der Waals surface area (Å²) in [6, 6.07) is 17.0. The minimum Gasteiger partial charge on any atom is -0.481 e. The topological polar surface area (TPSA) is 82.8 Å². The van der Waals surface area contributed by atoms with Gasteiger partial charge in [0.25, 0.3) is 5.56 Å². The first-order valence-corrected chi connectivity index (χ1v) is 12.7. The second-order valence-electron chi connectivity index (χ2n) is 8.83. The molecule has 186 valence electrons. The first kappa shape index (κ1) is 25.6. The lowest BCUT2D eigenvalue weighted by Crippen LogP contribution is -2.24. The number of fused-ring (bicyclic) bond motifs is 2. The van der Waals surface area contributed by atoms with Crippen molar-refractivity contribution >= 4 is 49.8 Å². The van der Waals surface area contributed by atoms with E-state index in [4.69, 9.17) is 14.5 Å². The molecule has 0 saturated heterocycles. The number of esters is 1. The molecule has 0 aliphatic heterocycles. The molecule has 8 heteroatoms. The third-order valence-electron chi connectivity index (χ3n) is 5.83. The number of hydrogen-bond acceptors (Lipinski definition) is 6. The average molecular weight is 550 g/mol. The van der Waals surface area contributed by atoms with Gasteiger partial charge in [-0.25, -0.2) is 9.78 Å². The van der Waals surface area contributed by atoms with Gasteiger partial charge in [-0.3, -0.25) is 4.79 Å². The average Bonchev–Trinajstić information content (AvgIpc) is 2.86. The lowest BCUT2D eigenvalue weighted by Gasteiger charge is -2.15. The van der Waals surface area contributed by atoms with E-state index in [9.17, 15) is 9.59 Å². The maximum absolute atomic E-state index is 13.5. The summed E-state index contributed by atoms with van der Waals surface area (Å²) in [5, 5.41) is 6.95. The minimum atomic E-state index is -0.458. The second kappa shape index (κ2) is 11.0. The van der Waals surface area contributed by atoms with Crippen LogP contribution in [0.3, 0.4) is 0 Å². The number of rotatable bonds is 8. The zero-order valence-corrected chi connectivity index (χ0v) is 22.3. The molecule has 0 fully saturated rings. The summed E-state index contributed by atoms with van der Waals surface area (Å²) in [4.78, 5) is 30.4. The van der Waals surface area contributed by atoms with Gasteiger partial charge in [-0.05, 0) is 55.3 Å². The Kier molecular flexibility index (Phi) is 7.84. The molecular formula is C28H28BrN3O4. The molecule has 7 nitrogen and oxygen atoms in total. The van der Waals surface area contributed by atoms with Crippen LogP contribution in [0, 0.1) is 0 Å². The fourth-order valence-electron chi connectivity index (χ4n) is 3.86. The highest BCUT2D eigenvalue weighted by Crippen LogP contribution is 2.27. The van der Waals surface area contributed by atoms with Crippen LogP contribution in [0.2, 0.25) is 0 Å². The van der Waals surface area contributed by atoms with Crippen LogP contribution < -0.4 is 10.3 Å². The molecule has 4 aromatic rings. The summed E-state index contributed by atoms with van der Waals surface area (Å²) in [5.41, 5.74) is 1.03. The van der Waals surface area contributed by atoms with E-state index in [-0.39, 0.29) is 24.2 Å². The molecule has 0 aliphatic rings. The van der Waals surface area contributed by atoms with Crippen molar-refractivity contribution in [2.45, 2.75) is 46.1 Å². The van der Waals surface area contributed by atoms with E-state index < -0.39 is 5.97 Å². The fraction of sp³-hybridized carbons (Fsp3) is 0.286. The molecule has 1 heterocycles. The van der Waals surface area contributed by atoms with Crippen molar-refractivity contribution in [1.29, 1.82) is 0 Å². The molecule has 1 atom stereocenters. The highest BCUT2D eigenvalue weighted by Gasteiger charge is 2.17. The predicted octanol–water partition coefficient (Wildman–Crippen LogP) is 6.04. The maximum atomic E-state index is 13.5. The molecule has 3 aromatic carbocycles. The summed E-state index contributed by atoms with van der Waals surface area (Å²) < 4.78 is 13.2. The Labute approximate surface area is 217 Å². The molecule has 0 unspecified atom stereocenters. The van der Waals surface area contributed by atoms with Crippen LogP contribution in [0.5, 0.6) is 5.75 Å². The van der Waals surface area contributed by atoms with Crippen molar-refractivity contribution < 1.29 is 14.3 Å². The quantitative estimate of drug-likeness (QED) is 0.197. The zero-order valence-electron chi connectivity index (χ0n) is 20.7. The Morgan fingerprint density at radius 2 is 1.89 bits per heavy atom. The molecular weight excluding hydrogens is 522 g/mol. The first-order valence-electron chi connectivity index (χ1n) is 11.9. The van der Waals surface area contributed by atoms with E-state index in [1.807, 2.05) is 56.3 Å². The van der Waals surface area contributed by atoms with Crippen molar-refractivity contribution in [3.8, 4) is 5.75 Å². The van der Waals surface area contributed by atoms with Crippen LogP contribution in [0.25, 0.3) is 21.7 Å². The number of hydrogen-bond donors (Lipinski definition) is 0. The Balaban J connectivity index is 1.84.